The van der Waals surface area contributed by atoms with E-state index in [4.69, 9.17) is 20.0 Å². The van der Waals surface area contributed by atoms with Gasteiger partial charge in [-0.1, -0.05) is 24.9 Å². The van der Waals surface area contributed by atoms with E-state index in [1.807, 2.05) is 6.92 Å². The van der Waals surface area contributed by atoms with E-state index in [9.17, 15) is 0 Å². The second kappa shape index (κ2) is 6.05. The van der Waals surface area contributed by atoms with Crippen molar-refractivity contribution in [1.82, 2.24) is 10.1 Å². The lowest BCUT2D eigenvalue weighted by molar-refractivity contribution is -0.0891. The highest BCUT2D eigenvalue weighted by Crippen LogP contribution is 2.42. The highest BCUT2D eigenvalue weighted by molar-refractivity contribution is 5.08. The number of hydrogen-bond acceptors (Lipinski definition) is 5. The van der Waals surface area contributed by atoms with E-state index >= 15 is 0 Å². The first-order valence-corrected chi connectivity index (χ1v) is 8.38. The predicted molar refractivity (Wildman–Crippen MR) is 79.8 cm³/mol. The minimum absolute atomic E-state index is 0.159. The third kappa shape index (κ3) is 2.86. The molecular weight excluding hydrogens is 266 g/mol. The van der Waals surface area contributed by atoms with Crippen LogP contribution in [0, 0.1) is 5.92 Å². The predicted octanol–water partition coefficient (Wildman–Crippen LogP) is 3.11. The van der Waals surface area contributed by atoms with Gasteiger partial charge < -0.3 is 15.0 Å². The summed E-state index contributed by atoms with van der Waals surface area (Å²) < 4.78 is 11.7. The molecule has 3 rings (SSSR count). The minimum atomic E-state index is -0.350. The van der Waals surface area contributed by atoms with Crippen LogP contribution in [0.2, 0.25) is 0 Å². The van der Waals surface area contributed by atoms with Crippen molar-refractivity contribution in [2.75, 3.05) is 6.61 Å². The molecule has 0 spiro atoms. The fourth-order valence-corrected chi connectivity index (χ4v) is 4.04. The molecule has 0 amide bonds. The maximum atomic E-state index is 6.15. The van der Waals surface area contributed by atoms with Crippen LogP contribution in [-0.4, -0.2) is 22.8 Å². The van der Waals surface area contributed by atoms with E-state index in [0.717, 1.165) is 44.3 Å². The van der Waals surface area contributed by atoms with Crippen LogP contribution >= 0.6 is 0 Å². The van der Waals surface area contributed by atoms with Crippen LogP contribution in [0.4, 0.5) is 0 Å². The van der Waals surface area contributed by atoms with Crippen LogP contribution in [-0.2, 0) is 10.3 Å². The molecule has 5 nitrogen and oxygen atoms in total. The summed E-state index contributed by atoms with van der Waals surface area (Å²) in [5, 5.41) is 4.28. The third-order valence-electron chi connectivity index (χ3n) is 5.11. The summed E-state index contributed by atoms with van der Waals surface area (Å²) in [5.74, 6) is 2.32. The van der Waals surface area contributed by atoms with Crippen molar-refractivity contribution in [3.05, 3.63) is 11.7 Å². The lowest BCUT2D eigenvalue weighted by Crippen LogP contribution is -2.36. The van der Waals surface area contributed by atoms with Gasteiger partial charge in [0.25, 0.3) is 0 Å². The van der Waals surface area contributed by atoms with Gasteiger partial charge in [-0.05, 0) is 44.9 Å². The molecule has 4 unspecified atom stereocenters. The van der Waals surface area contributed by atoms with E-state index in [-0.39, 0.29) is 17.6 Å². The molecule has 1 aromatic rings. The molecular formula is C16H27N3O2. The Morgan fingerprint density at radius 2 is 2.19 bits per heavy atom. The molecule has 2 N–H and O–H groups in total. The van der Waals surface area contributed by atoms with Crippen molar-refractivity contribution >= 4 is 0 Å². The van der Waals surface area contributed by atoms with Crippen LogP contribution in [0.3, 0.4) is 0 Å². The number of rotatable bonds is 4. The first-order valence-electron chi connectivity index (χ1n) is 8.38. The molecule has 0 radical (unpaired) electrons. The van der Waals surface area contributed by atoms with E-state index in [2.05, 4.69) is 12.1 Å². The molecule has 2 aliphatic rings. The molecule has 0 bridgehead atoms. The number of nitrogens with zero attached hydrogens (tertiary/aromatic N) is 2. The second-order valence-electron chi connectivity index (χ2n) is 6.79. The second-order valence-corrected chi connectivity index (χ2v) is 6.79. The zero-order valence-corrected chi connectivity index (χ0v) is 13.2. The number of hydrogen-bond donors (Lipinski definition) is 1. The third-order valence-corrected chi connectivity index (χ3v) is 5.11. The highest BCUT2D eigenvalue weighted by Gasteiger charge is 2.42. The summed E-state index contributed by atoms with van der Waals surface area (Å²) in [6.07, 6.45) is 7.65. The molecule has 1 heterocycles. The number of nitrogens with two attached hydrogens (primary N) is 1. The van der Waals surface area contributed by atoms with Crippen LogP contribution < -0.4 is 5.73 Å². The summed E-state index contributed by atoms with van der Waals surface area (Å²) in [7, 11) is 0. The van der Waals surface area contributed by atoms with Crippen molar-refractivity contribution in [2.45, 2.75) is 76.4 Å². The lowest BCUT2D eigenvalue weighted by atomic mass is 9.78. The Bertz CT molecular complexity index is 472. The van der Waals surface area contributed by atoms with Crippen LogP contribution in [0.15, 0.2) is 4.52 Å². The van der Waals surface area contributed by atoms with E-state index in [1.165, 1.54) is 6.42 Å². The van der Waals surface area contributed by atoms with Crippen LogP contribution in [0.25, 0.3) is 0 Å². The SMILES string of the molecule is CCOC1(c2noc(C3CCCC3N)n2)CCCC(C)C1. The number of ether oxygens (including phenoxy) is 1. The van der Waals surface area contributed by atoms with Crippen molar-refractivity contribution in [3.8, 4) is 0 Å². The zero-order valence-electron chi connectivity index (χ0n) is 13.2. The molecule has 5 heteroatoms. The molecule has 2 aliphatic carbocycles. The van der Waals surface area contributed by atoms with Gasteiger partial charge in [-0.25, -0.2) is 0 Å². The molecule has 1 aromatic heterocycles. The van der Waals surface area contributed by atoms with Gasteiger partial charge in [0.15, 0.2) is 0 Å². The molecule has 0 aliphatic heterocycles. The van der Waals surface area contributed by atoms with E-state index < -0.39 is 0 Å². The summed E-state index contributed by atoms with van der Waals surface area (Å²) in [6.45, 7) is 5.00. The van der Waals surface area contributed by atoms with Gasteiger partial charge in [0.1, 0.15) is 5.60 Å². The topological polar surface area (TPSA) is 74.2 Å². The smallest absolute Gasteiger partial charge is 0.231 e. The van der Waals surface area contributed by atoms with Gasteiger partial charge in [0.05, 0.1) is 5.92 Å². The summed E-state index contributed by atoms with van der Waals surface area (Å²) >= 11 is 0. The first kappa shape index (κ1) is 15.0. The van der Waals surface area contributed by atoms with Gasteiger partial charge in [0, 0.05) is 12.6 Å². The quantitative estimate of drug-likeness (QED) is 0.923. The van der Waals surface area contributed by atoms with Gasteiger partial charge in [-0.15, -0.1) is 0 Å². The Morgan fingerprint density at radius 3 is 2.86 bits per heavy atom. The lowest BCUT2D eigenvalue weighted by Gasteiger charge is -2.37. The molecule has 2 saturated carbocycles. The summed E-state index contributed by atoms with van der Waals surface area (Å²) in [4.78, 5) is 4.71. The van der Waals surface area contributed by atoms with E-state index in [0.29, 0.717) is 18.4 Å². The Labute approximate surface area is 126 Å². The van der Waals surface area contributed by atoms with Crippen LogP contribution in [0.1, 0.15) is 76.4 Å². The fourth-order valence-electron chi connectivity index (χ4n) is 4.04. The van der Waals surface area contributed by atoms with Gasteiger partial charge in [0.2, 0.25) is 11.7 Å². The molecule has 0 aromatic carbocycles. The molecule has 2 fully saturated rings. The van der Waals surface area contributed by atoms with Gasteiger partial charge in [-0.2, -0.15) is 4.98 Å². The highest BCUT2D eigenvalue weighted by atomic mass is 16.5. The molecule has 0 saturated heterocycles. The van der Waals surface area contributed by atoms with Crippen molar-refractivity contribution < 1.29 is 9.26 Å². The van der Waals surface area contributed by atoms with Gasteiger partial charge in [-0.3, -0.25) is 0 Å². The Balaban J connectivity index is 1.85. The molecule has 21 heavy (non-hydrogen) atoms. The Morgan fingerprint density at radius 1 is 1.33 bits per heavy atom. The minimum Gasteiger partial charge on any atom is -0.367 e. The number of aromatic nitrogens is 2. The first-order chi connectivity index (χ1) is 10.1. The van der Waals surface area contributed by atoms with Crippen molar-refractivity contribution in [1.29, 1.82) is 0 Å². The van der Waals surface area contributed by atoms with Crippen LogP contribution in [0.5, 0.6) is 0 Å². The van der Waals surface area contributed by atoms with Gasteiger partial charge >= 0.3 is 0 Å². The fraction of sp³-hybridized carbons (Fsp3) is 0.875. The van der Waals surface area contributed by atoms with Crippen molar-refractivity contribution in [3.63, 3.8) is 0 Å². The van der Waals surface area contributed by atoms with E-state index in [1.54, 1.807) is 0 Å². The van der Waals surface area contributed by atoms with Crippen molar-refractivity contribution in [2.24, 2.45) is 11.7 Å². The molecule has 4 atom stereocenters. The monoisotopic (exact) mass is 293 g/mol. The maximum Gasteiger partial charge on any atom is 0.231 e. The largest absolute Gasteiger partial charge is 0.367 e. The summed E-state index contributed by atoms with van der Waals surface area (Å²) in [6, 6.07) is 0.159. The normalized spacial score (nSPS) is 37.0. The summed E-state index contributed by atoms with van der Waals surface area (Å²) in [5.41, 5.74) is 5.80. The zero-order chi connectivity index (χ0) is 14.9. The average molecular weight is 293 g/mol. The molecule has 118 valence electrons. The Hall–Kier alpha value is -0.940. The standard InChI is InChI=1S/C16H27N3O2/c1-3-20-16(9-5-6-11(2)10-16)15-18-14(21-19-15)12-7-4-8-13(12)17/h11-13H,3-10,17H2,1-2H3. The Kier molecular flexibility index (Phi) is 4.31. The average Bonchev–Trinajstić information content (AvgIpc) is 3.07. The maximum absolute atomic E-state index is 6.15.